The van der Waals surface area contributed by atoms with Gasteiger partial charge in [-0.25, -0.2) is 0 Å². The van der Waals surface area contributed by atoms with E-state index in [1.54, 1.807) is 10.9 Å². The number of carbonyl (C=O) groups is 1. The van der Waals surface area contributed by atoms with E-state index in [9.17, 15) is 4.79 Å². The molecule has 0 saturated carbocycles. The number of anilines is 1. The van der Waals surface area contributed by atoms with Crippen LogP contribution in [-0.4, -0.2) is 20.9 Å². The Morgan fingerprint density at radius 2 is 1.66 bits per heavy atom. The van der Waals surface area contributed by atoms with E-state index in [1.807, 2.05) is 74.5 Å². The molecule has 1 N–H and O–H groups in total. The van der Waals surface area contributed by atoms with Crippen LogP contribution in [0, 0.1) is 13.8 Å². The standard InChI is InChI=1S/C23H18N4O2/c1-14-7-9-17(10-8-14)27-25-19-11-15(2)18(13-20(19)26-27)24-23(28)22-12-16-5-3-4-6-21(16)29-22/h3-13H,1-2H3,(H,24,28). The van der Waals surface area contributed by atoms with Crippen molar-refractivity contribution < 1.29 is 9.21 Å². The van der Waals surface area contributed by atoms with Crippen LogP contribution in [0.3, 0.4) is 0 Å². The summed E-state index contributed by atoms with van der Waals surface area (Å²) in [7, 11) is 0. The molecule has 0 unspecified atom stereocenters. The van der Waals surface area contributed by atoms with Crippen LogP contribution in [-0.2, 0) is 0 Å². The second-order valence-electron chi connectivity index (χ2n) is 7.08. The number of fused-ring (bicyclic) bond motifs is 2. The highest BCUT2D eigenvalue weighted by molar-refractivity contribution is 6.05. The summed E-state index contributed by atoms with van der Waals surface area (Å²) in [5, 5.41) is 12.9. The van der Waals surface area contributed by atoms with Gasteiger partial charge in [-0.3, -0.25) is 4.79 Å². The van der Waals surface area contributed by atoms with Crippen molar-refractivity contribution in [3.05, 3.63) is 83.6 Å². The van der Waals surface area contributed by atoms with Crippen LogP contribution in [0.15, 0.2) is 71.1 Å². The number of benzene rings is 3. The summed E-state index contributed by atoms with van der Waals surface area (Å²) >= 11 is 0. The summed E-state index contributed by atoms with van der Waals surface area (Å²) in [5.74, 6) is -0.0245. The predicted octanol–water partition coefficient (Wildman–Crippen LogP) is 5.04. The molecule has 5 rings (SSSR count). The average molecular weight is 382 g/mol. The third kappa shape index (κ3) is 3.14. The van der Waals surface area contributed by atoms with E-state index < -0.39 is 0 Å². The summed E-state index contributed by atoms with van der Waals surface area (Å²) in [5.41, 5.74) is 5.80. The van der Waals surface area contributed by atoms with Crippen LogP contribution in [0.1, 0.15) is 21.7 Å². The van der Waals surface area contributed by atoms with Crippen molar-refractivity contribution in [3.8, 4) is 5.69 Å². The molecule has 0 saturated heterocycles. The molecule has 0 aliphatic rings. The van der Waals surface area contributed by atoms with Crippen molar-refractivity contribution >= 4 is 33.6 Å². The molecule has 6 nitrogen and oxygen atoms in total. The van der Waals surface area contributed by atoms with E-state index >= 15 is 0 Å². The summed E-state index contributed by atoms with van der Waals surface area (Å²) in [6.07, 6.45) is 0. The van der Waals surface area contributed by atoms with Crippen molar-refractivity contribution in [1.82, 2.24) is 15.0 Å². The summed E-state index contributed by atoms with van der Waals surface area (Å²) in [6, 6.07) is 21.0. The Hall–Kier alpha value is -3.93. The van der Waals surface area contributed by atoms with Crippen molar-refractivity contribution in [2.24, 2.45) is 0 Å². The molecule has 5 aromatic rings. The second kappa shape index (κ2) is 6.60. The fourth-order valence-electron chi connectivity index (χ4n) is 3.27. The van der Waals surface area contributed by atoms with Crippen LogP contribution in [0.5, 0.6) is 0 Å². The zero-order valence-corrected chi connectivity index (χ0v) is 16.0. The van der Waals surface area contributed by atoms with Crippen LogP contribution >= 0.6 is 0 Å². The van der Waals surface area contributed by atoms with Crippen LogP contribution < -0.4 is 5.32 Å². The molecule has 0 aliphatic carbocycles. The first-order valence-corrected chi connectivity index (χ1v) is 9.31. The van der Waals surface area contributed by atoms with Gasteiger partial charge >= 0.3 is 0 Å². The number of amides is 1. The zero-order valence-electron chi connectivity index (χ0n) is 16.0. The predicted molar refractivity (Wildman–Crippen MR) is 113 cm³/mol. The maximum absolute atomic E-state index is 12.7. The Bertz CT molecular complexity index is 1330. The molecule has 3 aromatic carbocycles. The van der Waals surface area contributed by atoms with Gasteiger partial charge in [0.15, 0.2) is 5.76 Å². The van der Waals surface area contributed by atoms with Crippen molar-refractivity contribution in [3.63, 3.8) is 0 Å². The molecule has 0 fully saturated rings. The molecule has 1 amide bonds. The monoisotopic (exact) mass is 382 g/mol. The third-order valence-corrected chi connectivity index (χ3v) is 4.89. The van der Waals surface area contributed by atoms with Gasteiger partial charge < -0.3 is 9.73 Å². The molecule has 0 spiro atoms. The minimum absolute atomic E-state index is 0.272. The topological polar surface area (TPSA) is 73.0 Å². The summed E-state index contributed by atoms with van der Waals surface area (Å²) in [6.45, 7) is 3.97. The Morgan fingerprint density at radius 3 is 2.41 bits per heavy atom. The molecule has 2 heterocycles. The number of rotatable bonds is 3. The average Bonchev–Trinajstić information content (AvgIpc) is 3.32. The lowest BCUT2D eigenvalue weighted by Crippen LogP contribution is -2.11. The first kappa shape index (κ1) is 17.2. The van der Waals surface area contributed by atoms with E-state index in [-0.39, 0.29) is 11.7 Å². The first-order valence-electron chi connectivity index (χ1n) is 9.31. The van der Waals surface area contributed by atoms with E-state index in [0.717, 1.165) is 22.2 Å². The number of furan rings is 1. The molecule has 142 valence electrons. The highest BCUT2D eigenvalue weighted by atomic mass is 16.3. The van der Waals surface area contributed by atoms with Crippen molar-refractivity contribution in [2.45, 2.75) is 13.8 Å². The minimum atomic E-state index is -0.297. The second-order valence-corrected chi connectivity index (χ2v) is 7.08. The zero-order chi connectivity index (χ0) is 20.0. The number of para-hydroxylation sites is 1. The summed E-state index contributed by atoms with van der Waals surface area (Å²) in [4.78, 5) is 14.3. The highest BCUT2D eigenvalue weighted by Gasteiger charge is 2.15. The van der Waals surface area contributed by atoms with Gasteiger partial charge in [-0.1, -0.05) is 35.9 Å². The fraction of sp³-hybridized carbons (Fsp3) is 0.0870. The molecule has 0 atom stereocenters. The Kier molecular flexibility index (Phi) is 3.91. The highest BCUT2D eigenvalue weighted by Crippen LogP contribution is 2.24. The Balaban J connectivity index is 1.47. The van der Waals surface area contributed by atoms with Gasteiger partial charge in [-0.15, -0.1) is 10.2 Å². The lowest BCUT2D eigenvalue weighted by molar-refractivity contribution is 0.0998. The van der Waals surface area contributed by atoms with Crippen molar-refractivity contribution in [2.75, 3.05) is 5.32 Å². The van der Waals surface area contributed by atoms with Gasteiger partial charge in [0.05, 0.1) is 5.69 Å². The summed E-state index contributed by atoms with van der Waals surface area (Å²) < 4.78 is 5.66. The molecule has 2 aromatic heterocycles. The van der Waals surface area contributed by atoms with Gasteiger partial charge in [0.1, 0.15) is 16.6 Å². The first-order chi connectivity index (χ1) is 14.1. The van der Waals surface area contributed by atoms with E-state index in [4.69, 9.17) is 4.42 Å². The SMILES string of the molecule is Cc1ccc(-n2nc3cc(C)c(NC(=O)c4cc5ccccc5o4)cc3n2)cc1. The molecule has 0 radical (unpaired) electrons. The van der Waals surface area contributed by atoms with Gasteiger partial charge in [0.25, 0.3) is 5.91 Å². The number of hydrogen-bond donors (Lipinski definition) is 1. The number of aromatic nitrogens is 3. The van der Waals surface area contributed by atoms with Crippen LogP contribution in [0.4, 0.5) is 5.69 Å². The molecule has 6 heteroatoms. The lowest BCUT2D eigenvalue weighted by atomic mass is 10.1. The number of aryl methyl sites for hydroxylation is 2. The maximum Gasteiger partial charge on any atom is 0.291 e. The Labute approximate surface area is 166 Å². The van der Waals surface area contributed by atoms with Gasteiger partial charge in [-0.2, -0.15) is 4.80 Å². The molecular weight excluding hydrogens is 364 g/mol. The Morgan fingerprint density at radius 1 is 0.931 bits per heavy atom. The van der Waals surface area contributed by atoms with Crippen molar-refractivity contribution in [1.29, 1.82) is 0 Å². The van der Waals surface area contributed by atoms with Gasteiger partial charge in [0.2, 0.25) is 0 Å². The largest absolute Gasteiger partial charge is 0.451 e. The molecule has 0 aliphatic heterocycles. The molecule has 0 bridgehead atoms. The van der Waals surface area contributed by atoms with E-state index in [2.05, 4.69) is 15.5 Å². The number of carbonyl (C=O) groups excluding carboxylic acids is 1. The third-order valence-electron chi connectivity index (χ3n) is 4.89. The quantitative estimate of drug-likeness (QED) is 0.475. The molecular formula is C23H18N4O2. The van der Waals surface area contributed by atoms with Crippen LogP contribution in [0.2, 0.25) is 0 Å². The van der Waals surface area contributed by atoms with Gasteiger partial charge in [-0.05, 0) is 55.8 Å². The minimum Gasteiger partial charge on any atom is -0.451 e. The maximum atomic E-state index is 12.7. The lowest BCUT2D eigenvalue weighted by Gasteiger charge is -2.06. The number of nitrogens with one attached hydrogen (secondary N) is 1. The fourth-order valence-corrected chi connectivity index (χ4v) is 3.27. The smallest absolute Gasteiger partial charge is 0.291 e. The van der Waals surface area contributed by atoms with E-state index in [1.165, 1.54) is 5.56 Å². The van der Waals surface area contributed by atoms with E-state index in [0.29, 0.717) is 16.8 Å². The van der Waals surface area contributed by atoms with Crippen LogP contribution in [0.25, 0.3) is 27.7 Å². The number of hydrogen-bond acceptors (Lipinski definition) is 4. The number of nitrogens with zero attached hydrogens (tertiary/aromatic N) is 3. The molecule has 29 heavy (non-hydrogen) atoms. The normalized spacial score (nSPS) is 11.2. The van der Waals surface area contributed by atoms with Gasteiger partial charge in [0, 0.05) is 11.1 Å².